The second kappa shape index (κ2) is 7.01. The number of rotatable bonds is 6. The van der Waals surface area contributed by atoms with Gasteiger partial charge in [0, 0.05) is 19.1 Å². The number of carbonyl (C=O) groups excluding carboxylic acids is 1. The van der Waals surface area contributed by atoms with Crippen LogP contribution in [0.5, 0.6) is 5.75 Å². The molecule has 4 nitrogen and oxygen atoms in total. The second-order valence-electron chi connectivity index (χ2n) is 4.26. The summed E-state index contributed by atoms with van der Waals surface area (Å²) in [6.45, 7) is 7.77. The molecule has 0 saturated carbocycles. The van der Waals surface area contributed by atoms with Crippen molar-refractivity contribution < 1.29 is 9.90 Å². The van der Waals surface area contributed by atoms with Crippen LogP contribution in [0.15, 0.2) is 24.3 Å². The molecular weight excluding hydrogens is 228 g/mol. The topological polar surface area (TPSA) is 52.6 Å². The Hall–Kier alpha value is -1.55. The number of hydrogen-bond donors (Lipinski definition) is 2. The number of nitrogens with one attached hydrogen (secondary N) is 1. The number of hydrogen-bond acceptors (Lipinski definition) is 3. The van der Waals surface area contributed by atoms with Crippen LogP contribution in [0.2, 0.25) is 0 Å². The fourth-order valence-electron chi connectivity index (χ4n) is 1.81. The van der Waals surface area contributed by atoms with Crippen LogP contribution >= 0.6 is 0 Å². The van der Waals surface area contributed by atoms with Gasteiger partial charge in [0.2, 0.25) is 5.91 Å². The van der Waals surface area contributed by atoms with E-state index in [2.05, 4.69) is 5.32 Å². The SMILES string of the molecule is CCN(CC)C(=O)CNC(C)c1ccc(O)cc1. The number of carbonyl (C=O) groups is 1. The van der Waals surface area contributed by atoms with Gasteiger partial charge in [0.25, 0.3) is 0 Å². The van der Waals surface area contributed by atoms with Crippen molar-refractivity contribution in [1.82, 2.24) is 10.2 Å². The molecule has 1 rings (SSSR count). The summed E-state index contributed by atoms with van der Waals surface area (Å²) in [6.07, 6.45) is 0. The minimum atomic E-state index is 0.0881. The fraction of sp³-hybridized carbons (Fsp3) is 0.500. The summed E-state index contributed by atoms with van der Waals surface area (Å²) in [5.41, 5.74) is 1.06. The molecule has 100 valence electrons. The van der Waals surface area contributed by atoms with E-state index >= 15 is 0 Å². The van der Waals surface area contributed by atoms with E-state index in [0.717, 1.165) is 18.7 Å². The van der Waals surface area contributed by atoms with Gasteiger partial charge in [0.1, 0.15) is 5.75 Å². The maximum absolute atomic E-state index is 11.8. The second-order valence-corrected chi connectivity index (χ2v) is 4.26. The standard InChI is InChI=1S/C14H22N2O2/c1-4-16(5-2)14(18)10-15-11(3)12-6-8-13(17)9-7-12/h6-9,11,15,17H,4-5,10H2,1-3H3. The van der Waals surface area contributed by atoms with Crippen molar-refractivity contribution in [1.29, 1.82) is 0 Å². The third-order valence-electron chi connectivity index (χ3n) is 3.07. The Balaban J connectivity index is 2.48. The highest BCUT2D eigenvalue weighted by Gasteiger charge is 2.11. The molecule has 0 aliphatic rings. The first-order valence-corrected chi connectivity index (χ1v) is 6.38. The Labute approximate surface area is 109 Å². The molecular formula is C14H22N2O2. The number of amides is 1. The highest BCUT2D eigenvalue weighted by atomic mass is 16.3. The number of aromatic hydroxyl groups is 1. The largest absolute Gasteiger partial charge is 0.508 e. The van der Waals surface area contributed by atoms with Gasteiger partial charge >= 0.3 is 0 Å². The highest BCUT2D eigenvalue weighted by molar-refractivity contribution is 5.78. The molecule has 0 saturated heterocycles. The molecule has 0 fully saturated rings. The molecule has 1 unspecified atom stereocenters. The van der Waals surface area contributed by atoms with E-state index in [1.165, 1.54) is 0 Å². The third-order valence-corrected chi connectivity index (χ3v) is 3.07. The van der Waals surface area contributed by atoms with Crippen molar-refractivity contribution in [2.24, 2.45) is 0 Å². The summed E-state index contributed by atoms with van der Waals surface area (Å²) >= 11 is 0. The lowest BCUT2D eigenvalue weighted by Crippen LogP contribution is -2.38. The van der Waals surface area contributed by atoms with Crippen molar-refractivity contribution in [3.05, 3.63) is 29.8 Å². The first-order chi connectivity index (χ1) is 8.58. The van der Waals surface area contributed by atoms with Gasteiger partial charge in [-0.25, -0.2) is 0 Å². The number of nitrogens with zero attached hydrogens (tertiary/aromatic N) is 1. The lowest BCUT2D eigenvalue weighted by Gasteiger charge is -2.21. The molecule has 0 bridgehead atoms. The van der Waals surface area contributed by atoms with Crippen molar-refractivity contribution in [2.75, 3.05) is 19.6 Å². The first kappa shape index (κ1) is 14.5. The van der Waals surface area contributed by atoms with Crippen molar-refractivity contribution >= 4 is 5.91 Å². The molecule has 4 heteroatoms. The molecule has 1 amide bonds. The summed E-state index contributed by atoms with van der Waals surface area (Å²) in [5.74, 6) is 0.371. The molecule has 0 aromatic heterocycles. The lowest BCUT2D eigenvalue weighted by molar-refractivity contribution is -0.129. The predicted octanol–water partition coefficient (Wildman–Crippen LogP) is 1.91. The highest BCUT2D eigenvalue weighted by Crippen LogP contribution is 2.15. The number of phenols is 1. The van der Waals surface area contributed by atoms with Gasteiger partial charge in [-0.2, -0.15) is 0 Å². The summed E-state index contributed by atoms with van der Waals surface area (Å²) in [6, 6.07) is 7.11. The molecule has 18 heavy (non-hydrogen) atoms. The van der Waals surface area contributed by atoms with Gasteiger partial charge in [-0.15, -0.1) is 0 Å². The van der Waals surface area contributed by atoms with Gasteiger partial charge in [0.15, 0.2) is 0 Å². The van der Waals surface area contributed by atoms with E-state index in [1.807, 2.05) is 32.9 Å². The lowest BCUT2D eigenvalue weighted by atomic mass is 10.1. The molecule has 2 N–H and O–H groups in total. The van der Waals surface area contributed by atoms with E-state index in [0.29, 0.717) is 6.54 Å². The van der Waals surface area contributed by atoms with Crippen LogP contribution in [-0.2, 0) is 4.79 Å². The molecule has 1 aromatic rings. The molecule has 1 atom stereocenters. The van der Waals surface area contributed by atoms with E-state index in [9.17, 15) is 9.90 Å². The van der Waals surface area contributed by atoms with E-state index in [1.54, 1.807) is 17.0 Å². The predicted molar refractivity (Wildman–Crippen MR) is 72.5 cm³/mol. The minimum Gasteiger partial charge on any atom is -0.508 e. The summed E-state index contributed by atoms with van der Waals surface area (Å²) < 4.78 is 0. The summed E-state index contributed by atoms with van der Waals surface area (Å²) in [4.78, 5) is 13.6. The summed E-state index contributed by atoms with van der Waals surface area (Å²) in [7, 11) is 0. The fourth-order valence-corrected chi connectivity index (χ4v) is 1.81. The van der Waals surface area contributed by atoms with E-state index in [-0.39, 0.29) is 17.7 Å². The van der Waals surface area contributed by atoms with Crippen LogP contribution in [-0.4, -0.2) is 35.5 Å². The van der Waals surface area contributed by atoms with Gasteiger partial charge in [-0.05, 0) is 38.5 Å². The molecule has 0 heterocycles. The number of benzene rings is 1. The maximum Gasteiger partial charge on any atom is 0.236 e. The van der Waals surface area contributed by atoms with Crippen molar-refractivity contribution in [3.63, 3.8) is 0 Å². The van der Waals surface area contributed by atoms with E-state index in [4.69, 9.17) is 0 Å². The zero-order valence-corrected chi connectivity index (χ0v) is 11.3. The van der Waals surface area contributed by atoms with Crippen LogP contribution in [0.3, 0.4) is 0 Å². The van der Waals surface area contributed by atoms with Crippen molar-refractivity contribution in [2.45, 2.75) is 26.8 Å². The van der Waals surface area contributed by atoms with Gasteiger partial charge < -0.3 is 15.3 Å². The monoisotopic (exact) mass is 250 g/mol. The number of likely N-dealkylation sites (N-methyl/N-ethyl adjacent to an activating group) is 1. The van der Waals surface area contributed by atoms with Crippen molar-refractivity contribution in [3.8, 4) is 5.75 Å². The average Bonchev–Trinajstić information content (AvgIpc) is 2.38. The molecule has 0 aliphatic heterocycles. The average molecular weight is 250 g/mol. The number of phenolic OH excluding ortho intramolecular Hbond substituents is 1. The van der Waals surface area contributed by atoms with Crippen LogP contribution in [0.1, 0.15) is 32.4 Å². The zero-order valence-electron chi connectivity index (χ0n) is 11.3. The smallest absolute Gasteiger partial charge is 0.236 e. The Morgan fingerprint density at radius 2 is 1.83 bits per heavy atom. The maximum atomic E-state index is 11.8. The molecule has 0 radical (unpaired) electrons. The molecule has 1 aromatic carbocycles. The normalized spacial score (nSPS) is 12.2. The summed E-state index contributed by atoms with van der Waals surface area (Å²) in [5, 5.41) is 12.4. The van der Waals surface area contributed by atoms with Crippen LogP contribution in [0.25, 0.3) is 0 Å². The Bertz CT molecular complexity index is 372. The minimum absolute atomic E-state index is 0.0881. The Kier molecular flexibility index (Phi) is 5.65. The van der Waals surface area contributed by atoms with Crippen LogP contribution in [0.4, 0.5) is 0 Å². The zero-order chi connectivity index (χ0) is 13.5. The van der Waals surface area contributed by atoms with Crippen LogP contribution < -0.4 is 5.32 Å². The third kappa shape index (κ3) is 4.04. The Morgan fingerprint density at radius 1 is 1.28 bits per heavy atom. The quantitative estimate of drug-likeness (QED) is 0.811. The van der Waals surface area contributed by atoms with Gasteiger partial charge in [0.05, 0.1) is 6.54 Å². The van der Waals surface area contributed by atoms with Gasteiger partial charge in [-0.3, -0.25) is 4.79 Å². The Morgan fingerprint density at radius 3 is 2.33 bits per heavy atom. The molecule has 0 spiro atoms. The molecule has 0 aliphatic carbocycles. The first-order valence-electron chi connectivity index (χ1n) is 6.38. The van der Waals surface area contributed by atoms with Gasteiger partial charge in [-0.1, -0.05) is 12.1 Å². The van der Waals surface area contributed by atoms with E-state index < -0.39 is 0 Å². The van der Waals surface area contributed by atoms with Crippen LogP contribution in [0, 0.1) is 0 Å².